The van der Waals surface area contributed by atoms with Crippen molar-refractivity contribution in [3.05, 3.63) is 0 Å². The number of nitrogens with zero attached hydrogens (tertiary/aromatic N) is 1. The first-order valence-corrected chi connectivity index (χ1v) is 6.73. The maximum atomic E-state index is 5.94. The minimum atomic E-state index is 0.315. The van der Waals surface area contributed by atoms with E-state index in [1.807, 2.05) is 0 Å². The fraction of sp³-hybridized carbons (Fsp3) is 1.00. The van der Waals surface area contributed by atoms with Gasteiger partial charge in [-0.3, -0.25) is 4.90 Å². The molecule has 2 N–H and O–H groups in total. The van der Waals surface area contributed by atoms with E-state index in [-0.39, 0.29) is 0 Å². The molecule has 0 spiro atoms. The van der Waals surface area contributed by atoms with Crippen molar-refractivity contribution in [1.29, 1.82) is 0 Å². The van der Waals surface area contributed by atoms with Crippen molar-refractivity contribution in [3.63, 3.8) is 0 Å². The average molecular weight is 244 g/mol. The van der Waals surface area contributed by atoms with E-state index in [1.165, 1.54) is 6.42 Å². The summed E-state index contributed by atoms with van der Waals surface area (Å²) < 4.78 is 11.0. The van der Waals surface area contributed by atoms with Gasteiger partial charge >= 0.3 is 0 Å². The van der Waals surface area contributed by atoms with Crippen molar-refractivity contribution in [1.82, 2.24) is 4.90 Å². The van der Waals surface area contributed by atoms with Crippen molar-refractivity contribution in [3.8, 4) is 0 Å². The Balaban J connectivity index is 2.55. The molecule has 0 aromatic rings. The second-order valence-electron chi connectivity index (χ2n) is 5.24. The summed E-state index contributed by atoms with van der Waals surface area (Å²) in [6.45, 7) is 8.80. The Bertz CT molecular complexity index is 194. The van der Waals surface area contributed by atoms with Gasteiger partial charge in [0.25, 0.3) is 0 Å². The van der Waals surface area contributed by atoms with Crippen molar-refractivity contribution >= 4 is 0 Å². The molecule has 2 atom stereocenters. The van der Waals surface area contributed by atoms with Crippen LogP contribution in [0, 0.1) is 5.92 Å². The Hall–Kier alpha value is -0.160. The first-order chi connectivity index (χ1) is 8.19. The largest absolute Gasteiger partial charge is 0.383 e. The molecule has 102 valence electrons. The van der Waals surface area contributed by atoms with Crippen LogP contribution in [0.2, 0.25) is 0 Å². The summed E-state index contributed by atoms with van der Waals surface area (Å²) in [5.74, 6) is 0.641. The van der Waals surface area contributed by atoms with Crippen molar-refractivity contribution < 1.29 is 9.47 Å². The molecule has 0 aromatic carbocycles. The molecule has 0 radical (unpaired) electrons. The Morgan fingerprint density at radius 1 is 1.47 bits per heavy atom. The Morgan fingerprint density at radius 2 is 2.24 bits per heavy atom. The number of methoxy groups -OCH3 is 1. The third kappa shape index (κ3) is 4.92. The normalized spacial score (nSPS) is 22.6. The van der Waals surface area contributed by atoms with E-state index in [0.717, 1.165) is 32.7 Å². The molecule has 2 unspecified atom stereocenters. The Morgan fingerprint density at radius 3 is 2.71 bits per heavy atom. The van der Waals surface area contributed by atoms with Gasteiger partial charge in [0.05, 0.1) is 12.7 Å². The fourth-order valence-electron chi connectivity index (χ4n) is 2.51. The highest BCUT2D eigenvalue weighted by atomic mass is 16.5. The summed E-state index contributed by atoms with van der Waals surface area (Å²) in [6.07, 6.45) is 2.63. The van der Waals surface area contributed by atoms with Crippen LogP contribution in [0.5, 0.6) is 0 Å². The molecular weight excluding hydrogens is 216 g/mol. The summed E-state index contributed by atoms with van der Waals surface area (Å²) in [4.78, 5) is 2.43. The van der Waals surface area contributed by atoms with Crippen LogP contribution in [0.3, 0.4) is 0 Å². The second kappa shape index (κ2) is 8.03. The fourth-order valence-corrected chi connectivity index (χ4v) is 2.51. The maximum absolute atomic E-state index is 5.94. The van der Waals surface area contributed by atoms with Crippen LogP contribution >= 0.6 is 0 Å². The van der Waals surface area contributed by atoms with Crippen molar-refractivity contribution in [2.75, 3.05) is 40.0 Å². The van der Waals surface area contributed by atoms with Gasteiger partial charge in [-0.2, -0.15) is 0 Å². The third-order valence-corrected chi connectivity index (χ3v) is 3.29. The van der Waals surface area contributed by atoms with Crippen LogP contribution in [0.25, 0.3) is 0 Å². The number of ether oxygens (including phenoxy) is 2. The molecule has 0 aliphatic carbocycles. The first kappa shape index (κ1) is 14.9. The molecule has 4 nitrogen and oxygen atoms in total. The standard InChI is InChI=1S/C13H28N2O2/c1-11(2)10-15(6-8-16-3)12(9-14)13-5-4-7-17-13/h11-13H,4-10,14H2,1-3H3. The smallest absolute Gasteiger partial charge is 0.0743 e. The molecule has 4 heteroatoms. The van der Waals surface area contributed by atoms with Gasteiger partial charge in [-0.05, 0) is 18.8 Å². The van der Waals surface area contributed by atoms with Gasteiger partial charge in [0.15, 0.2) is 0 Å². The van der Waals surface area contributed by atoms with Crippen molar-refractivity contribution in [2.45, 2.75) is 38.8 Å². The van der Waals surface area contributed by atoms with E-state index >= 15 is 0 Å². The second-order valence-corrected chi connectivity index (χ2v) is 5.24. The van der Waals surface area contributed by atoms with Gasteiger partial charge in [-0.1, -0.05) is 13.8 Å². The Kier molecular flexibility index (Phi) is 7.04. The monoisotopic (exact) mass is 244 g/mol. The maximum Gasteiger partial charge on any atom is 0.0743 e. The zero-order valence-electron chi connectivity index (χ0n) is 11.5. The van der Waals surface area contributed by atoms with Gasteiger partial charge in [0, 0.05) is 39.4 Å². The van der Waals surface area contributed by atoms with E-state index < -0.39 is 0 Å². The van der Waals surface area contributed by atoms with E-state index in [1.54, 1.807) is 7.11 Å². The number of hydrogen-bond donors (Lipinski definition) is 1. The van der Waals surface area contributed by atoms with Crippen molar-refractivity contribution in [2.24, 2.45) is 11.7 Å². The van der Waals surface area contributed by atoms with E-state index in [2.05, 4.69) is 18.7 Å². The number of hydrogen-bond acceptors (Lipinski definition) is 4. The van der Waals surface area contributed by atoms with Crippen LogP contribution in [0.15, 0.2) is 0 Å². The zero-order chi connectivity index (χ0) is 12.7. The van der Waals surface area contributed by atoms with Gasteiger partial charge in [-0.25, -0.2) is 0 Å². The summed E-state index contributed by atoms with van der Waals surface area (Å²) in [6, 6.07) is 0.343. The highest BCUT2D eigenvalue weighted by molar-refractivity contribution is 4.84. The quantitative estimate of drug-likeness (QED) is 0.694. The van der Waals surface area contributed by atoms with E-state index in [4.69, 9.17) is 15.2 Å². The summed E-state index contributed by atoms with van der Waals surface area (Å²) in [5, 5.41) is 0. The molecule has 0 aromatic heterocycles. The number of nitrogens with two attached hydrogens (primary N) is 1. The predicted octanol–water partition coefficient (Wildman–Crippen LogP) is 1.10. The molecule has 1 aliphatic heterocycles. The highest BCUT2D eigenvalue weighted by Crippen LogP contribution is 2.20. The molecule has 1 rings (SSSR count). The Labute approximate surface area is 105 Å². The third-order valence-electron chi connectivity index (χ3n) is 3.29. The van der Waals surface area contributed by atoms with Crippen LogP contribution in [-0.2, 0) is 9.47 Å². The molecule has 0 saturated carbocycles. The van der Waals surface area contributed by atoms with Gasteiger partial charge in [-0.15, -0.1) is 0 Å². The lowest BCUT2D eigenvalue weighted by molar-refractivity contribution is 0.0127. The van der Waals surface area contributed by atoms with Crippen LogP contribution in [-0.4, -0.2) is 57.0 Å². The first-order valence-electron chi connectivity index (χ1n) is 6.73. The van der Waals surface area contributed by atoms with Crippen LogP contribution in [0.1, 0.15) is 26.7 Å². The lowest BCUT2D eigenvalue weighted by Gasteiger charge is -2.35. The van der Waals surface area contributed by atoms with Gasteiger partial charge in [0.2, 0.25) is 0 Å². The summed E-state index contributed by atoms with van der Waals surface area (Å²) >= 11 is 0. The number of rotatable bonds is 8. The minimum Gasteiger partial charge on any atom is -0.383 e. The lowest BCUT2D eigenvalue weighted by atomic mass is 10.0. The summed E-state index contributed by atoms with van der Waals surface area (Å²) in [7, 11) is 1.75. The molecule has 1 heterocycles. The molecule has 1 fully saturated rings. The molecule has 0 amide bonds. The van der Waals surface area contributed by atoms with Gasteiger partial charge < -0.3 is 15.2 Å². The topological polar surface area (TPSA) is 47.7 Å². The SMILES string of the molecule is COCCN(CC(C)C)C(CN)C1CCCO1. The molecule has 1 saturated heterocycles. The lowest BCUT2D eigenvalue weighted by Crippen LogP contribution is -2.50. The minimum absolute atomic E-state index is 0.315. The molecular formula is C13H28N2O2. The van der Waals surface area contributed by atoms with Crippen LogP contribution < -0.4 is 5.73 Å². The molecule has 1 aliphatic rings. The zero-order valence-corrected chi connectivity index (χ0v) is 11.5. The van der Waals surface area contributed by atoms with Crippen LogP contribution in [0.4, 0.5) is 0 Å². The van der Waals surface area contributed by atoms with E-state index in [9.17, 15) is 0 Å². The average Bonchev–Trinajstić information content (AvgIpc) is 2.79. The van der Waals surface area contributed by atoms with E-state index in [0.29, 0.717) is 24.6 Å². The highest BCUT2D eigenvalue weighted by Gasteiger charge is 2.29. The predicted molar refractivity (Wildman–Crippen MR) is 70.1 cm³/mol. The summed E-state index contributed by atoms with van der Waals surface area (Å²) in [5.41, 5.74) is 5.94. The molecule has 0 bridgehead atoms. The van der Waals surface area contributed by atoms with Gasteiger partial charge in [0.1, 0.15) is 0 Å². The molecule has 17 heavy (non-hydrogen) atoms.